The lowest BCUT2D eigenvalue weighted by atomic mass is 9.99. The average molecular weight is 670 g/mol. The molecule has 9 heteroatoms. The molecule has 1 saturated heterocycles. The van der Waals surface area contributed by atoms with Crippen LogP contribution in [0.1, 0.15) is 155 Å². The summed E-state index contributed by atoms with van der Waals surface area (Å²) in [5, 5.41) is 53.9. The van der Waals surface area contributed by atoms with E-state index in [0.717, 1.165) is 57.8 Å². The van der Waals surface area contributed by atoms with Gasteiger partial charge in [-0.2, -0.15) is 0 Å². The Morgan fingerprint density at radius 2 is 1.23 bits per heavy atom. The second-order valence-corrected chi connectivity index (χ2v) is 13.4. The Morgan fingerprint density at radius 3 is 1.83 bits per heavy atom. The van der Waals surface area contributed by atoms with Crippen LogP contribution >= 0.6 is 0 Å². The van der Waals surface area contributed by atoms with Crippen LogP contribution in [0.5, 0.6) is 0 Å². The Balaban J connectivity index is 2.42. The first-order valence-electron chi connectivity index (χ1n) is 19.1. The van der Waals surface area contributed by atoms with Crippen LogP contribution in [0.2, 0.25) is 0 Å². The Labute approximate surface area is 286 Å². The zero-order valence-corrected chi connectivity index (χ0v) is 29.8. The van der Waals surface area contributed by atoms with E-state index in [1.54, 1.807) is 0 Å². The molecule has 1 heterocycles. The third-order valence-corrected chi connectivity index (χ3v) is 9.09. The quantitative estimate of drug-likeness (QED) is 0.0381. The second-order valence-electron chi connectivity index (χ2n) is 13.4. The van der Waals surface area contributed by atoms with E-state index in [1.807, 2.05) is 0 Å². The molecule has 0 aromatic heterocycles. The first-order chi connectivity index (χ1) is 22.8. The van der Waals surface area contributed by atoms with Gasteiger partial charge in [-0.05, 0) is 38.5 Å². The molecule has 0 radical (unpaired) electrons. The molecule has 276 valence electrons. The summed E-state index contributed by atoms with van der Waals surface area (Å²) >= 11 is 0. The van der Waals surface area contributed by atoms with E-state index in [-0.39, 0.29) is 12.5 Å². The summed E-state index contributed by atoms with van der Waals surface area (Å²) in [5.41, 5.74) is 0. The van der Waals surface area contributed by atoms with Crippen molar-refractivity contribution in [3.8, 4) is 0 Å². The third kappa shape index (κ3) is 21.4. The minimum Gasteiger partial charge on any atom is -0.394 e. The summed E-state index contributed by atoms with van der Waals surface area (Å²) in [7, 11) is 0. The fourth-order valence-corrected chi connectivity index (χ4v) is 5.91. The lowest BCUT2D eigenvalue weighted by Crippen LogP contribution is -2.60. The standard InChI is InChI=1S/C38H71NO8/c1-3-5-7-9-11-13-14-15-16-17-18-20-22-24-26-28-34(42)39-31(32(41)27-25-23-21-19-12-10-8-6-4-2)30-46-38-37(45)36(44)35(43)33(29-40)47-38/h11,13-15,31-33,35-38,40-41,43-45H,3-10,12,16-30H2,1-2H3,(H,39,42)/b13-11-,15-14-. The van der Waals surface area contributed by atoms with Crippen molar-refractivity contribution in [1.82, 2.24) is 5.32 Å². The first-order valence-corrected chi connectivity index (χ1v) is 19.1. The topological polar surface area (TPSA) is 149 Å². The van der Waals surface area contributed by atoms with Crippen LogP contribution in [0, 0.1) is 0 Å². The Morgan fingerprint density at radius 1 is 0.723 bits per heavy atom. The van der Waals surface area contributed by atoms with Gasteiger partial charge in [-0.3, -0.25) is 4.79 Å². The summed E-state index contributed by atoms with van der Waals surface area (Å²) in [6.45, 7) is 3.74. The molecule has 47 heavy (non-hydrogen) atoms. The highest BCUT2D eigenvalue weighted by atomic mass is 16.7. The molecule has 1 rings (SSSR count). The van der Waals surface area contributed by atoms with Gasteiger partial charge in [0.1, 0.15) is 24.4 Å². The molecule has 1 amide bonds. The van der Waals surface area contributed by atoms with Crippen LogP contribution in [-0.2, 0) is 14.3 Å². The minimum atomic E-state index is -1.55. The van der Waals surface area contributed by atoms with Gasteiger partial charge >= 0.3 is 0 Å². The van der Waals surface area contributed by atoms with Crippen LogP contribution < -0.4 is 5.32 Å². The summed E-state index contributed by atoms with van der Waals surface area (Å²) in [5.74, 6) is -0.161. The Bertz CT molecular complexity index is 792. The van der Waals surface area contributed by atoms with Crippen molar-refractivity contribution in [2.45, 2.75) is 198 Å². The van der Waals surface area contributed by atoms with Crippen LogP contribution in [0.3, 0.4) is 0 Å². The van der Waals surface area contributed by atoms with Crippen LogP contribution in [0.4, 0.5) is 0 Å². The number of aliphatic hydroxyl groups is 5. The van der Waals surface area contributed by atoms with Gasteiger partial charge in [0, 0.05) is 6.42 Å². The van der Waals surface area contributed by atoms with E-state index >= 15 is 0 Å². The number of rotatable bonds is 30. The lowest BCUT2D eigenvalue weighted by Gasteiger charge is -2.40. The summed E-state index contributed by atoms with van der Waals surface area (Å²) in [6, 6.07) is -0.719. The monoisotopic (exact) mass is 670 g/mol. The highest BCUT2D eigenvalue weighted by molar-refractivity contribution is 5.76. The summed E-state index contributed by atoms with van der Waals surface area (Å²) in [4.78, 5) is 12.8. The van der Waals surface area contributed by atoms with E-state index in [9.17, 15) is 30.3 Å². The van der Waals surface area contributed by atoms with Crippen molar-refractivity contribution in [2.75, 3.05) is 13.2 Å². The number of ether oxygens (including phenoxy) is 2. The molecule has 6 N–H and O–H groups in total. The van der Waals surface area contributed by atoms with Crippen LogP contribution in [0.15, 0.2) is 24.3 Å². The van der Waals surface area contributed by atoms with E-state index in [0.29, 0.717) is 12.8 Å². The van der Waals surface area contributed by atoms with Crippen molar-refractivity contribution >= 4 is 5.91 Å². The number of aliphatic hydroxyl groups excluding tert-OH is 5. The zero-order valence-electron chi connectivity index (χ0n) is 29.8. The molecule has 9 nitrogen and oxygen atoms in total. The molecular weight excluding hydrogens is 598 g/mol. The minimum absolute atomic E-state index is 0.143. The van der Waals surface area contributed by atoms with Crippen molar-refractivity contribution in [3.63, 3.8) is 0 Å². The molecular formula is C38H71NO8. The van der Waals surface area contributed by atoms with E-state index in [2.05, 4.69) is 43.5 Å². The molecule has 0 aliphatic carbocycles. The summed E-state index contributed by atoms with van der Waals surface area (Å²) in [6.07, 6.45) is 24.7. The smallest absolute Gasteiger partial charge is 0.220 e. The first kappa shape index (κ1) is 43.7. The molecule has 1 fully saturated rings. The fraction of sp³-hybridized carbons (Fsp3) is 0.868. The van der Waals surface area contributed by atoms with Crippen molar-refractivity contribution in [3.05, 3.63) is 24.3 Å². The number of amides is 1. The Kier molecular flexibility index (Phi) is 27.5. The van der Waals surface area contributed by atoms with E-state index < -0.39 is 49.5 Å². The average Bonchev–Trinajstić information content (AvgIpc) is 3.07. The van der Waals surface area contributed by atoms with E-state index in [4.69, 9.17) is 9.47 Å². The van der Waals surface area contributed by atoms with Gasteiger partial charge in [0.25, 0.3) is 0 Å². The van der Waals surface area contributed by atoms with Gasteiger partial charge in [0.15, 0.2) is 6.29 Å². The highest BCUT2D eigenvalue weighted by Gasteiger charge is 2.44. The van der Waals surface area contributed by atoms with Gasteiger partial charge < -0.3 is 40.3 Å². The molecule has 0 aromatic rings. The maximum absolute atomic E-state index is 12.8. The molecule has 1 aliphatic heterocycles. The van der Waals surface area contributed by atoms with Crippen LogP contribution in [-0.4, -0.2) is 87.5 Å². The molecule has 1 aliphatic rings. The van der Waals surface area contributed by atoms with Gasteiger partial charge in [0.05, 0.1) is 25.4 Å². The molecule has 0 spiro atoms. The predicted octanol–water partition coefficient (Wildman–Crippen LogP) is 6.38. The molecule has 7 atom stereocenters. The predicted molar refractivity (Wildman–Crippen MR) is 189 cm³/mol. The van der Waals surface area contributed by atoms with Crippen LogP contribution in [0.25, 0.3) is 0 Å². The van der Waals surface area contributed by atoms with Crippen molar-refractivity contribution < 1.29 is 39.8 Å². The van der Waals surface area contributed by atoms with Crippen molar-refractivity contribution in [1.29, 1.82) is 0 Å². The highest BCUT2D eigenvalue weighted by Crippen LogP contribution is 2.23. The number of carbonyl (C=O) groups excluding carboxylic acids is 1. The maximum atomic E-state index is 12.8. The van der Waals surface area contributed by atoms with Gasteiger partial charge in [-0.15, -0.1) is 0 Å². The second kappa shape index (κ2) is 29.6. The zero-order chi connectivity index (χ0) is 34.5. The van der Waals surface area contributed by atoms with E-state index in [1.165, 1.54) is 70.6 Å². The molecule has 0 aromatic carbocycles. The number of hydrogen-bond acceptors (Lipinski definition) is 8. The molecule has 7 unspecified atom stereocenters. The number of allylic oxidation sites excluding steroid dienone is 4. The van der Waals surface area contributed by atoms with Gasteiger partial charge in [-0.1, -0.05) is 134 Å². The van der Waals surface area contributed by atoms with Gasteiger partial charge in [-0.25, -0.2) is 0 Å². The number of nitrogens with one attached hydrogen (secondary N) is 1. The molecule has 0 saturated carbocycles. The Hall–Kier alpha value is -1.33. The largest absolute Gasteiger partial charge is 0.394 e. The normalized spacial score (nSPS) is 23.1. The number of hydrogen-bond donors (Lipinski definition) is 6. The third-order valence-electron chi connectivity index (χ3n) is 9.09. The van der Waals surface area contributed by atoms with Gasteiger partial charge in [0.2, 0.25) is 5.91 Å². The lowest BCUT2D eigenvalue weighted by molar-refractivity contribution is -0.302. The number of unbranched alkanes of at least 4 members (excludes halogenated alkanes) is 17. The summed E-state index contributed by atoms with van der Waals surface area (Å²) < 4.78 is 11.2. The SMILES string of the molecule is CCCCC/C=C\C=C/CCCCCCCCC(=O)NC(COC1OC(CO)C(O)C(O)C1O)C(O)CCCCCCCCCCC. The number of carbonyl (C=O) groups is 1. The van der Waals surface area contributed by atoms with Crippen molar-refractivity contribution in [2.24, 2.45) is 0 Å². The fourth-order valence-electron chi connectivity index (χ4n) is 5.91. The molecule has 0 bridgehead atoms. The maximum Gasteiger partial charge on any atom is 0.220 e.